The lowest BCUT2D eigenvalue weighted by molar-refractivity contribution is -0.114. The van der Waals surface area contributed by atoms with Crippen molar-refractivity contribution in [1.82, 2.24) is 0 Å². The molecule has 0 saturated carbocycles. The molecule has 1 aromatic carbocycles. The zero-order valence-electron chi connectivity index (χ0n) is 7.42. The zero-order chi connectivity index (χ0) is 10.7. The number of Topliss-reactive ketones (excluding diaryl/α,β-unsaturated/α-hetero) is 1. The molecule has 0 fully saturated rings. The number of ketones is 1. The van der Waals surface area contributed by atoms with Gasteiger partial charge in [0.1, 0.15) is 5.78 Å². The molecule has 0 aliphatic heterocycles. The summed E-state index contributed by atoms with van der Waals surface area (Å²) >= 11 is 0. The fourth-order valence-corrected chi connectivity index (χ4v) is 1.88. The van der Waals surface area contributed by atoms with E-state index < -0.39 is 22.4 Å². The van der Waals surface area contributed by atoms with Crippen molar-refractivity contribution in [3.63, 3.8) is 0 Å². The fraction of sp³-hybridized carbons (Fsp3) is 0.222. The van der Waals surface area contributed by atoms with Gasteiger partial charge in [0.15, 0.2) is 11.6 Å². The zero-order valence-corrected chi connectivity index (χ0v) is 8.24. The molecule has 1 rings (SSSR count). The number of hydrogen-bond acceptors (Lipinski definition) is 2. The minimum Gasteiger partial charge on any atom is -0.299 e. The van der Waals surface area contributed by atoms with Gasteiger partial charge in [-0.15, -0.1) is 0 Å². The third-order valence-corrected chi connectivity index (χ3v) is 2.94. The van der Waals surface area contributed by atoms with E-state index in [0.29, 0.717) is 0 Å². The Labute approximate surface area is 82.4 Å². The Morgan fingerprint density at radius 3 is 2.50 bits per heavy atom. The molecule has 1 atom stereocenters. The highest BCUT2D eigenvalue weighted by atomic mass is 32.2. The van der Waals surface area contributed by atoms with Crippen LogP contribution in [-0.2, 0) is 15.6 Å². The van der Waals surface area contributed by atoms with Gasteiger partial charge in [0.05, 0.1) is 16.6 Å². The predicted octanol–water partition coefficient (Wildman–Crippen LogP) is 1.66. The highest BCUT2D eigenvalue weighted by Crippen LogP contribution is 2.12. The Morgan fingerprint density at radius 2 is 2.00 bits per heavy atom. The lowest BCUT2D eigenvalue weighted by Crippen LogP contribution is -2.06. The summed E-state index contributed by atoms with van der Waals surface area (Å²) in [6.07, 6.45) is 0. The molecule has 2 nitrogen and oxygen atoms in total. The first-order chi connectivity index (χ1) is 6.50. The van der Waals surface area contributed by atoms with E-state index in [1.165, 1.54) is 13.0 Å². The molecule has 1 aromatic rings. The summed E-state index contributed by atoms with van der Waals surface area (Å²) in [6.45, 7) is 1.29. The molecule has 0 aromatic heterocycles. The van der Waals surface area contributed by atoms with E-state index in [1.54, 1.807) is 0 Å². The van der Waals surface area contributed by atoms with Crippen molar-refractivity contribution in [3.05, 3.63) is 29.8 Å². The highest BCUT2D eigenvalue weighted by molar-refractivity contribution is 7.85. The molecule has 0 aliphatic carbocycles. The summed E-state index contributed by atoms with van der Waals surface area (Å²) in [5.41, 5.74) is 0. The molecular formula is C9H8F2O2S. The van der Waals surface area contributed by atoms with Crippen LogP contribution >= 0.6 is 0 Å². The van der Waals surface area contributed by atoms with Gasteiger partial charge in [-0.3, -0.25) is 9.00 Å². The summed E-state index contributed by atoms with van der Waals surface area (Å²) in [5.74, 6) is -2.48. The summed E-state index contributed by atoms with van der Waals surface area (Å²) in [7, 11) is -1.59. The van der Waals surface area contributed by atoms with Gasteiger partial charge in [-0.05, 0) is 25.1 Å². The number of halogens is 2. The molecule has 0 saturated heterocycles. The van der Waals surface area contributed by atoms with Crippen molar-refractivity contribution in [3.8, 4) is 0 Å². The summed E-state index contributed by atoms with van der Waals surface area (Å²) in [4.78, 5) is 10.7. The molecule has 0 radical (unpaired) electrons. The fourth-order valence-electron chi connectivity index (χ4n) is 0.886. The van der Waals surface area contributed by atoms with Gasteiger partial charge >= 0.3 is 0 Å². The molecule has 14 heavy (non-hydrogen) atoms. The maximum Gasteiger partial charge on any atom is 0.160 e. The maximum atomic E-state index is 12.7. The third-order valence-electron chi connectivity index (χ3n) is 1.49. The van der Waals surface area contributed by atoms with Gasteiger partial charge in [0, 0.05) is 4.90 Å². The minimum absolute atomic E-state index is 0.124. The van der Waals surface area contributed by atoms with Gasteiger partial charge in [-0.1, -0.05) is 0 Å². The molecule has 0 heterocycles. The molecule has 5 heteroatoms. The molecule has 0 amide bonds. The Kier molecular flexibility index (Phi) is 3.46. The van der Waals surface area contributed by atoms with E-state index in [-0.39, 0.29) is 16.4 Å². The highest BCUT2D eigenvalue weighted by Gasteiger charge is 2.09. The van der Waals surface area contributed by atoms with Gasteiger partial charge in [0.2, 0.25) is 0 Å². The van der Waals surface area contributed by atoms with E-state index in [0.717, 1.165) is 12.1 Å². The molecular weight excluding hydrogens is 210 g/mol. The monoisotopic (exact) mass is 218 g/mol. The van der Waals surface area contributed by atoms with Crippen LogP contribution in [0.4, 0.5) is 8.78 Å². The van der Waals surface area contributed by atoms with Crippen LogP contribution in [0.2, 0.25) is 0 Å². The van der Waals surface area contributed by atoms with E-state index >= 15 is 0 Å². The maximum absolute atomic E-state index is 12.7. The summed E-state index contributed by atoms with van der Waals surface area (Å²) in [6, 6.07) is 2.94. The summed E-state index contributed by atoms with van der Waals surface area (Å²) < 4.78 is 36.5. The van der Waals surface area contributed by atoms with E-state index in [4.69, 9.17) is 0 Å². The minimum atomic E-state index is -1.59. The van der Waals surface area contributed by atoms with Crippen LogP contribution in [0.5, 0.6) is 0 Å². The smallest absolute Gasteiger partial charge is 0.160 e. The number of rotatable bonds is 3. The number of hydrogen-bond donors (Lipinski definition) is 0. The number of carbonyl (C=O) groups is 1. The molecule has 1 unspecified atom stereocenters. The van der Waals surface area contributed by atoms with Crippen molar-refractivity contribution in [2.75, 3.05) is 5.75 Å². The van der Waals surface area contributed by atoms with E-state index in [9.17, 15) is 17.8 Å². The lowest BCUT2D eigenvalue weighted by Gasteiger charge is -2.00. The molecule has 0 aliphatic rings. The van der Waals surface area contributed by atoms with Crippen LogP contribution in [0.25, 0.3) is 0 Å². The van der Waals surface area contributed by atoms with E-state index in [2.05, 4.69) is 0 Å². The van der Waals surface area contributed by atoms with Crippen molar-refractivity contribution >= 4 is 16.6 Å². The van der Waals surface area contributed by atoms with Crippen molar-refractivity contribution in [1.29, 1.82) is 0 Å². The van der Waals surface area contributed by atoms with Gasteiger partial charge in [-0.25, -0.2) is 8.78 Å². The lowest BCUT2D eigenvalue weighted by atomic mass is 10.3. The molecule has 0 bridgehead atoms. The second kappa shape index (κ2) is 4.41. The summed E-state index contributed by atoms with van der Waals surface area (Å²) in [5, 5.41) is 0. The van der Waals surface area contributed by atoms with Crippen LogP contribution in [0.15, 0.2) is 23.1 Å². The van der Waals surface area contributed by atoms with Crippen molar-refractivity contribution < 1.29 is 17.8 Å². The van der Waals surface area contributed by atoms with Gasteiger partial charge in [0.25, 0.3) is 0 Å². The van der Waals surface area contributed by atoms with E-state index in [1.807, 2.05) is 0 Å². The number of benzene rings is 1. The van der Waals surface area contributed by atoms with Crippen LogP contribution in [0.1, 0.15) is 6.92 Å². The standard InChI is InChI=1S/C9H8F2O2S/c1-6(12)5-14(13)7-2-3-8(10)9(11)4-7/h2-4H,5H2,1H3. The van der Waals surface area contributed by atoms with Crippen molar-refractivity contribution in [2.45, 2.75) is 11.8 Å². The van der Waals surface area contributed by atoms with Crippen LogP contribution in [-0.4, -0.2) is 15.7 Å². The number of carbonyl (C=O) groups excluding carboxylic acids is 1. The Hall–Kier alpha value is -1.10. The topological polar surface area (TPSA) is 34.1 Å². The Morgan fingerprint density at radius 1 is 1.36 bits per heavy atom. The molecule has 0 spiro atoms. The van der Waals surface area contributed by atoms with Gasteiger partial charge in [-0.2, -0.15) is 0 Å². The first kappa shape index (κ1) is 11.0. The second-order valence-electron chi connectivity index (χ2n) is 2.77. The Bertz CT molecular complexity index is 390. The molecule has 0 N–H and O–H groups in total. The van der Waals surface area contributed by atoms with Gasteiger partial charge < -0.3 is 0 Å². The average molecular weight is 218 g/mol. The normalized spacial score (nSPS) is 12.5. The third kappa shape index (κ3) is 2.70. The van der Waals surface area contributed by atoms with Crippen LogP contribution in [0.3, 0.4) is 0 Å². The average Bonchev–Trinajstić information content (AvgIpc) is 2.08. The second-order valence-corrected chi connectivity index (χ2v) is 4.22. The molecule has 76 valence electrons. The van der Waals surface area contributed by atoms with Crippen LogP contribution in [0, 0.1) is 11.6 Å². The first-order valence-electron chi connectivity index (χ1n) is 3.83. The van der Waals surface area contributed by atoms with Crippen LogP contribution < -0.4 is 0 Å². The quantitative estimate of drug-likeness (QED) is 0.773. The largest absolute Gasteiger partial charge is 0.299 e. The predicted molar refractivity (Wildman–Crippen MR) is 48.3 cm³/mol. The first-order valence-corrected chi connectivity index (χ1v) is 5.15. The van der Waals surface area contributed by atoms with Crippen molar-refractivity contribution in [2.24, 2.45) is 0 Å². The Balaban J connectivity index is 2.91. The SMILES string of the molecule is CC(=O)CS(=O)c1ccc(F)c(F)c1.